The number of aromatic nitrogens is 2. The van der Waals surface area contributed by atoms with Gasteiger partial charge in [-0.1, -0.05) is 28.1 Å². The Morgan fingerprint density at radius 2 is 2.11 bits per heavy atom. The first-order chi connectivity index (χ1) is 8.69. The Balaban J connectivity index is 2.17. The third kappa shape index (κ3) is 3.27. The van der Waals surface area contributed by atoms with Gasteiger partial charge in [-0.15, -0.1) is 10.2 Å². The minimum Gasteiger partial charge on any atom is -0.365 e. The number of anilines is 1. The second-order valence-corrected chi connectivity index (χ2v) is 5.01. The van der Waals surface area contributed by atoms with E-state index in [1.54, 1.807) is 0 Å². The fraction of sp³-hybridized carbons (Fsp3) is 0.231. The summed E-state index contributed by atoms with van der Waals surface area (Å²) in [5.41, 5.74) is 7.43. The highest BCUT2D eigenvalue weighted by molar-refractivity contribution is 9.10. The van der Waals surface area contributed by atoms with Crippen molar-refractivity contribution in [3.8, 4) is 11.3 Å². The standard InChI is InChI=1S/C13H15BrN4/c1-9(8-15)16-13-6-5-12(17-18-13)10-3-2-4-11(14)7-10/h2-7,9H,8,15H2,1H3,(H,16,18). The van der Waals surface area contributed by atoms with Crippen molar-refractivity contribution >= 4 is 21.7 Å². The van der Waals surface area contributed by atoms with Gasteiger partial charge in [-0.3, -0.25) is 0 Å². The van der Waals surface area contributed by atoms with Gasteiger partial charge < -0.3 is 11.1 Å². The Bertz CT molecular complexity index is 513. The average molecular weight is 307 g/mol. The number of nitrogens with zero attached hydrogens (tertiary/aromatic N) is 2. The SMILES string of the molecule is CC(CN)Nc1ccc(-c2cccc(Br)c2)nn1. The quantitative estimate of drug-likeness (QED) is 0.911. The molecule has 0 spiro atoms. The molecule has 1 unspecified atom stereocenters. The van der Waals surface area contributed by atoms with E-state index in [1.165, 1.54) is 0 Å². The highest BCUT2D eigenvalue weighted by Gasteiger charge is 2.03. The molecule has 3 N–H and O–H groups in total. The fourth-order valence-electron chi connectivity index (χ4n) is 1.52. The van der Waals surface area contributed by atoms with Gasteiger partial charge in [0.15, 0.2) is 0 Å². The molecule has 0 aliphatic carbocycles. The molecule has 1 heterocycles. The summed E-state index contributed by atoms with van der Waals surface area (Å²) in [7, 11) is 0. The average Bonchev–Trinajstić information content (AvgIpc) is 2.39. The first-order valence-corrected chi connectivity index (χ1v) is 6.54. The monoisotopic (exact) mass is 306 g/mol. The molecule has 0 saturated carbocycles. The van der Waals surface area contributed by atoms with E-state index in [9.17, 15) is 0 Å². The van der Waals surface area contributed by atoms with Crippen molar-refractivity contribution in [2.45, 2.75) is 13.0 Å². The maximum absolute atomic E-state index is 5.54. The van der Waals surface area contributed by atoms with Crippen molar-refractivity contribution in [3.63, 3.8) is 0 Å². The van der Waals surface area contributed by atoms with Gasteiger partial charge in [0.2, 0.25) is 0 Å². The summed E-state index contributed by atoms with van der Waals surface area (Å²) >= 11 is 3.44. The molecule has 5 heteroatoms. The Morgan fingerprint density at radius 3 is 2.72 bits per heavy atom. The van der Waals surface area contributed by atoms with Crippen LogP contribution in [0.2, 0.25) is 0 Å². The Labute approximate surface area is 115 Å². The third-order valence-corrected chi connectivity index (χ3v) is 3.03. The molecule has 0 fully saturated rings. The summed E-state index contributed by atoms with van der Waals surface area (Å²) in [5, 5.41) is 11.5. The van der Waals surface area contributed by atoms with Crippen molar-refractivity contribution in [3.05, 3.63) is 40.9 Å². The molecule has 1 aromatic carbocycles. The van der Waals surface area contributed by atoms with Crippen LogP contribution >= 0.6 is 15.9 Å². The van der Waals surface area contributed by atoms with E-state index in [0.29, 0.717) is 6.54 Å². The van der Waals surface area contributed by atoms with Gasteiger partial charge in [0, 0.05) is 22.6 Å². The number of rotatable bonds is 4. The molecule has 0 radical (unpaired) electrons. The van der Waals surface area contributed by atoms with Crippen LogP contribution in [-0.4, -0.2) is 22.8 Å². The molecule has 2 aromatic rings. The van der Waals surface area contributed by atoms with Crippen LogP contribution in [0.3, 0.4) is 0 Å². The summed E-state index contributed by atoms with van der Waals surface area (Å²) in [6.07, 6.45) is 0. The van der Waals surface area contributed by atoms with Crippen molar-refractivity contribution in [2.24, 2.45) is 5.73 Å². The minimum atomic E-state index is 0.191. The Hall–Kier alpha value is -1.46. The number of nitrogens with two attached hydrogens (primary N) is 1. The molecule has 1 aromatic heterocycles. The molecule has 94 valence electrons. The molecule has 0 aliphatic heterocycles. The first kappa shape index (κ1) is 13.0. The van der Waals surface area contributed by atoms with Crippen LogP contribution in [0, 0.1) is 0 Å². The summed E-state index contributed by atoms with van der Waals surface area (Å²) in [4.78, 5) is 0. The number of nitrogens with one attached hydrogen (secondary N) is 1. The van der Waals surface area contributed by atoms with E-state index in [2.05, 4.69) is 31.4 Å². The largest absolute Gasteiger partial charge is 0.365 e. The van der Waals surface area contributed by atoms with E-state index in [4.69, 9.17) is 5.73 Å². The highest BCUT2D eigenvalue weighted by Crippen LogP contribution is 2.21. The smallest absolute Gasteiger partial charge is 0.148 e. The van der Waals surface area contributed by atoms with Gasteiger partial charge >= 0.3 is 0 Å². The van der Waals surface area contributed by atoms with Crippen LogP contribution in [0.4, 0.5) is 5.82 Å². The molecule has 1 atom stereocenters. The summed E-state index contributed by atoms with van der Waals surface area (Å²) in [5.74, 6) is 0.742. The minimum absolute atomic E-state index is 0.191. The maximum atomic E-state index is 5.54. The summed E-state index contributed by atoms with van der Waals surface area (Å²) < 4.78 is 1.03. The molecule has 0 saturated heterocycles. The lowest BCUT2D eigenvalue weighted by Gasteiger charge is -2.11. The zero-order chi connectivity index (χ0) is 13.0. The highest BCUT2D eigenvalue weighted by atomic mass is 79.9. The van der Waals surface area contributed by atoms with Crippen molar-refractivity contribution in [2.75, 3.05) is 11.9 Å². The summed E-state index contributed by atoms with van der Waals surface area (Å²) in [6.45, 7) is 2.57. The van der Waals surface area contributed by atoms with Gasteiger partial charge in [0.05, 0.1) is 5.69 Å². The molecule has 0 amide bonds. The predicted octanol–water partition coefficient (Wildman–Crippen LogP) is 2.67. The lowest BCUT2D eigenvalue weighted by molar-refractivity contribution is 0.792. The van der Waals surface area contributed by atoms with E-state index in [-0.39, 0.29) is 6.04 Å². The van der Waals surface area contributed by atoms with Crippen LogP contribution < -0.4 is 11.1 Å². The normalized spacial score (nSPS) is 12.2. The Kier molecular flexibility index (Phi) is 4.28. The number of hydrogen-bond donors (Lipinski definition) is 2. The van der Waals surface area contributed by atoms with Crippen LogP contribution in [0.15, 0.2) is 40.9 Å². The Morgan fingerprint density at radius 1 is 1.28 bits per heavy atom. The van der Waals surface area contributed by atoms with Crippen molar-refractivity contribution < 1.29 is 0 Å². The van der Waals surface area contributed by atoms with Gasteiger partial charge in [0.1, 0.15) is 5.82 Å². The lowest BCUT2D eigenvalue weighted by Crippen LogP contribution is -2.25. The molecule has 4 nitrogen and oxygen atoms in total. The zero-order valence-corrected chi connectivity index (χ0v) is 11.7. The van der Waals surface area contributed by atoms with Crippen LogP contribution in [0.5, 0.6) is 0 Å². The molecule has 2 rings (SSSR count). The van der Waals surface area contributed by atoms with Gasteiger partial charge in [-0.05, 0) is 31.2 Å². The van der Waals surface area contributed by atoms with E-state index >= 15 is 0 Å². The molecule has 18 heavy (non-hydrogen) atoms. The van der Waals surface area contributed by atoms with Crippen LogP contribution in [0.25, 0.3) is 11.3 Å². The maximum Gasteiger partial charge on any atom is 0.148 e. The number of benzene rings is 1. The van der Waals surface area contributed by atoms with Gasteiger partial charge in [0.25, 0.3) is 0 Å². The van der Waals surface area contributed by atoms with Crippen molar-refractivity contribution in [1.82, 2.24) is 10.2 Å². The van der Waals surface area contributed by atoms with Crippen molar-refractivity contribution in [1.29, 1.82) is 0 Å². The number of halogens is 1. The van der Waals surface area contributed by atoms with Gasteiger partial charge in [-0.25, -0.2) is 0 Å². The zero-order valence-electron chi connectivity index (χ0n) is 10.1. The second kappa shape index (κ2) is 5.93. The van der Waals surface area contributed by atoms with Crippen LogP contribution in [0.1, 0.15) is 6.92 Å². The van der Waals surface area contributed by atoms with Gasteiger partial charge in [-0.2, -0.15) is 0 Å². The third-order valence-electron chi connectivity index (χ3n) is 2.53. The second-order valence-electron chi connectivity index (χ2n) is 4.10. The number of hydrogen-bond acceptors (Lipinski definition) is 4. The fourth-order valence-corrected chi connectivity index (χ4v) is 1.92. The first-order valence-electron chi connectivity index (χ1n) is 5.75. The molecule has 0 bridgehead atoms. The van der Waals surface area contributed by atoms with E-state index in [0.717, 1.165) is 21.5 Å². The molecular weight excluding hydrogens is 292 g/mol. The molecule has 0 aliphatic rings. The molecular formula is C13H15BrN4. The van der Waals surface area contributed by atoms with Crippen LogP contribution in [-0.2, 0) is 0 Å². The predicted molar refractivity (Wildman–Crippen MR) is 77.3 cm³/mol. The lowest BCUT2D eigenvalue weighted by atomic mass is 10.1. The van der Waals surface area contributed by atoms with E-state index in [1.807, 2.05) is 43.3 Å². The topological polar surface area (TPSA) is 63.8 Å². The summed E-state index contributed by atoms with van der Waals surface area (Å²) in [6, 6.07) is 12.0. The van der Waals surface area contributed by atoms with E-state index < -0.39 is 0 Å².